The van der Waals surface area contributed by atoms with E-state index in [1.54, 1.807) is 44.2 Å². The molecule has 0 atom stereocenters. The number of esters is 1. The maximum Gasteiger partial charge on any atom is 0.309 e. The summed E-state index contributed by atoms with van der Waals surface area (Å²) in [7, 11) is 0. The zero-order chi connectivity index (χ0) is 23.7. The molecule has 2 aromatic carbocycles. The van der Waals surface area contributed by atoms with Gasteiger partial charge < -0.3 is 14.6 Å². The highest BCUT2D eigenvalue weighted by molar-refractivity contribution is 6.35. The Morgan fingerprint density at radius 2 is 2.00 bits per heavy atom. The number of aryl methyl sites for hydroxylation is 1. The van der Waals surface area contributed by atoms with Crippen LogP contribution in [0.15, 0.2) is 30.0 Å². The molecule has 0 unspecified atom stereocenters. The van der Waals surface area contributed by atoms with Crippen molar-refractivity contribution in [3.8, 4) is 11.5 Å². The van der Waals surface area contributed by atoms with Crippen LogP contribution < -0.4 is 4.74 Å². The van der Waals surface area contributed by atoms with Crippen molar-refractivity contribution in [2.45, 2.75) is 33.2 Å². The number of allylic oxidation sites excluding steroid dienone is 1. The predicted molar refractivity (Wildman–Crippen MR) is 127 cm³/mol. The molecule has 1 saturated heterocycles. The van der Waals surface area contributed by atoms with Crippen molar-refractivity contribution < 1.29 is 24.2 Å². The molecule has 2 aromatic rings. The van der Waals surface area contributed by atoms with Gasteiger partial charge in [0.25, 0.3) is 0 Å². The molecule has 0 spiro atoms. The normalized spacial score (nSPS) is 17.8. The Hall–Kier alpha value is -2.54. The summed E-state index contributed by atoms with van der Waals surface area (Å²) in [5, 5.41) is 11.6. The molecule has 8 heteroatoms. The average Bonchev–Trinajstić information content (AvgIpc) is 3.10. The lowest BCUT2D eigenvalue weighted by atomic mass is 9.95. The zero-order valence-corrected chi connectivity index (χ0v) is 20.0. The number of piperidine rings is 1. The third kappa shape index (κ3) is 4.88. The number of ether oxygens (including phenoxy) is 2. The summed E-state index contributed by atoms with van der Waals surface area (Å²) in [4.78, 5) is 27.3. The monoisotopic (exact) mass is 489 g/mol. The number of phenolic OH excluding ortho intramolecular Hbond substituents is 1. The molecule has 0 amide bonds. The molecule has 1 N–H and O–H groups in total. The Labute approximate surface area is 202 Å². The minimum Gasteiger partial charge on any atom is -0.507 e. The highest BCUT2D eigenvalue weighted by Crippen LogP contribution is 2.43. The Morgan fingerprint density at radius 1 is 1.27 bits per heavy atom. The summed E-state index contributed by atoms with van der Waals surface area (Å²) < 4.78 is 11.1. The van der Waals surface area contributed by atoms with Gasteiger partial charge in [0.1, 0.15) is 11.5 Å². The lowest BCUT2D eigenvalue weighted by Gasteiger charge is -2.31. The molecule has 33 heavy (non-hydrogen) atoms. The van der Waals surface area contributed by atoms with Gasteiger partial charge >= 0.3 is 5.97 Å². The second-order valence-corrected chi connectivity index (χ2v) is 9.15. The fourth-order valence-corrected chi connectivity index (χ4v) is 4.77. The number of hydrogen-bond acceptors (Lipinski definition) is 6. The van der Waals surface area contributed by atoms with Crippen LogP contribution in [0, 0.1) is 12.8 Å². The zero-order valence-electron chi connectivity index (χ0n) is 18.5. The molecule has 4 rings (SSSR count). The Morgan fingerprint density at radius 3 is 2.67 bits per heavy atom. The fraction of sp³-hybridized carbons (Fsp3) is 0.360. The van der Waals surface area contributed by atoms with Crippen molar-refractivity contribution in [2.75, 3.05) is 19.7 Å². The van der Waals surface area contributed by atoms with Crippen LogP contribution in [0.4, 0.5) is 0 Å². The van der Waals surface area contributed by atoms with Gasteiger partial charge in [0.2, 0.25) is 5.78 Å². The molecule has 0 radical (unpaired) electrons. The van der Waals surface area contributed by atoms with Crippen molar-refractivity contribution >= 4 is 41.0 Å². The van der Waals surface area contributed by atoms with Crippen LogP contribution in [0.2, 0.25) is 10.0 Å². The molecule has 1 fully saturated rings. The molecule has 0 aromatic heterocycles. The van der Waals surface area contributed by atoms with Gasteiger partial charge in [-0.15, -0.1) is 0 Å². The van der Waals surface area contributed by atoms with Crippen LogP contribution in [0.1, 0.15) is 46.8 Å². The topological polar surface area (TPSA) is 76.1 Å². The van der Waals surface area contributed by atoms with Gasteiger partial charge in [0.15, 0.2) is 5.76 Å². The highest BCUT2D eigenvalue weighted by Gasteiger charge is 2.34. The number of nitrogens with zero attached hydrogens (tertiary/aromatic N) is 1. The van der Waals surface area contributed by atoms with Crippen molar-refractivity contribution in [1.82, 2.24) is 4.90 Å². The standard InChI is InChI=1S/C25H25Cl2NO5/c1-3-32-25(31)15-6-8-28(9-7-15)13-18-20(29)10-14(2)22-23(30)21(33-24(18)22)11-16-4-5-17(26)12-19(16)27/h4-5,10-12,15,29H,3,6-9,13H2,1-2H3/b21-11+. The number of rotatable bonds is 5. The van der Waals surface area contributed by atoms with E-state index in [4.69, 9.17) is 32.7 Å². The van der Waals surface area contributed by atoms with E-state index in [0.29, 0.717) is 77.1 Å². The Kier molecular flexibility index (Phi) is 6.98. The smallest absolute Gasteiger partial charge is 0.309 e. The number of aromatic hydroxyl groups is 1. The maximum atomic E-state index is 13.1. The predicted octanol–water partition coefficient (Wildman–Crippen LogP) is 5.40. The van der Waals surface area contributed by atoms with Gasteiger partial charge in [-0.25, -0.2) is 0 Å². The minimum atomic E-state index is -0.254. The minimum absolute atomic E-state index is 0.0809. The number of hydrogen-bond donors (Lipinski definition) is 1. The molecular formula is C25H25Cl2NO5. The first kappa shape index (κ1) is 23.6. The summed E-state index contributed by atoms with van der Waals surface area (Å²) in [5.41, 5.74) is 2.26. The van der Waals surface area contributed by atoms with Crippen molar-refractivity contribution in [3.63, 3.8) is 0 Å². The number of likely N-dealkylation sites (tertiary alicyclic amines) is 1. The molecule has 2 aliphatic heterocycles. The number of carbonyl (C=O) groups excluding carboxylic acids is 2. The molecule has 2 heterocycles. The number of Topliss-reactive ketones (excluding diaryl/α,β-unsaturated/α-hetero) is 1. The van der Waals surface area contributed by atoms with E-state index in [9.17, 15) is 14.7 Å². The number of ketones is 1. The fourth-order valence-electron chi connectivity index (χ4n) is 4.30. The molecule has 0 bridgehead atoms. The second kappa shape index (κ2) is 9.75. The van der Waals surface area contributed by atoms with E-state index < -0.39 is 0 Å². The summed E-state index contributed by atoms with van der Waals surface area (Å²) in [6.07, 6.45) is 2.97. The molecule has 2 aliphatic rings. The lowest BCUT2D eigenvalue weighted by molar-refractivity contribution is -0.149. The molecule has 6 nitrogen and oxygen atoms in total. The first-order valence-corrected chi connectivity index (χ1v) is 11.7. The third-order valence-corrected chi connectivity index (χ3v) is 6.62. The van der Waals surface area contributed by atoms with Crippen LogP contribution in [-0.4, -0.2) is 41.5 Å². The van der Waals surface area contributed by atoms with Crippen molar-refractivity contribution in [2.24, 2.45) is 5.92 Å². The van der Waals surface area contributed by atoms with E-state index in [2.05, 4.69) is 4.90 Å². The van der Waals surface area contributed by atoms with E-state index in [1.165, 1.54) is 0 Å². The summed E-state index contributed by atoms with van der Waals surface area (Å²) >= 11 is 12.2. The van der Waals surface area contributed by atoms with Gasteiger partial charge in [0.05, 0.1) is 23.7 Å². The lowest BCUT2D eigenvalue weighted by Crippen LogP contribution is -2.36. The largest absolute Gasteiger partial charge is 0.507 e. The highest BCUT2D eigenvalue weighted by atomic mass is 35.5. The number of fused-ring (bicyclic) bond motifs is 1. The van der Waals surface area contributed by atoms with Crippen molar-refractivity contribution in [3.05, 3.63) is 62.3 Å². The van der Waals surface area contributed by atoms with E-state index in [0.717, 1.165) is 0 Å². The number of carbonyl (C=O) groups is 2. The van der Waals surface area contributed by atoms with Crippen LogP contribution in [-0.2, 0) is 16.1 Å². The van der Waals surface area contributed by atoms with Crippen molar-refractivity contribution in [1.29, 1.82) is 0 Å². The quantitative estimate of drug-likeness (QED) is 0.447. The average molecular weight is 490 g/mol. The number of benzene rings is 2. The Bertz CT molecular complexity index is 1140. The maximum absolute atomic E-state index is 13.1. The van der Waals surface area contributed by atoms with E-state index in [1.807, 2.05) is 0 Å². The SMILES string of the molecule is CCOC(=O)C1CCN(Cc2c(O)cc(C)c3c2O/C(=C/c2ccc(Cl)cc2Cl)C3=O)CC1. The molecule has 174 valence electrons. The summed E-state index contributed by atoms with van der Waals surface area (Å²) in [6, 6.07) is 6.61. The first-order chi connectivity index (χ1) is 15.8. The third-order valence-electron chi connectivity index (χ3n) is 6.06. The van der Waals surface area contributed by atoms with E-state index >= 15 is 0 Å². The number of phenols is 1. The second-order valence-electron chi connectivity index (χ2n) is 8.30. The van der Waals surface area contributed by atoms with Gasteiger partial charge in [-0.2, -0.15) is 0 Å². The Balaban J connectivity index is 1.57. The molecule has 0 aliphatic carbocycles. The summed E-state index contributed by atoms with van der Waals surface area (Å²) in [6.45, 7) is 5.73. The number of halogens is 2. The van der Waals surface area contributed by atoms with Crippen LogP contribution in [0.25, 0.3) is 6.08 Å². The van der Waals surface area contributed by atoms with Gasteiger partial charge in [-0.1, -0.05) is 29.3 Å². The molecular weight excluding hydrogens is 465 g/mol. The first-order valence-electron chi connectivity index (χ1n) is 10.9. The van der Waals surface area contributed by atoms with Gasteiger partial charge in [0, 0.05) is 16.6 Å². The van der Waals surface area contributed by atoms with Crippen LogP contribution in [0.5, 0.6) is 11.5 Å². The molecule has 0 saturated carbocycles. The summed E-state index contributed by atoms with van der Waals surface area (Å²) in [5.74, 6) is 0.0930. The van der Waals surface area contributed by atoms with E-state index in [-0.39, 0.29) is 29.2 Å². The van der Waals surface area contributed by atoms with Crippen LogP contribution in [0.3, 0.4) is 0 Å². The van der Waals surface area contributed by atoms with Gasteiger partial charge in [-0.3, -0.25) is 14.5 Å². The van der Waals surface area contributed by atoms with Gasteiger partial charge in [-0.05, 0) is 75.2 Å². The van der Waals surface area contributed by atoms with Crippen LogP contribution >= 0.6 is 23.2 Å².